The largest absolute Gasteiger partial charge is 0.375 e. The minimum absolute atomic E-state index is 0.266. The average Bonchev–Trinajstić information content (AvgIpc) is 2.63. The lowest BCUT2D eigenvalue weighted by molar-refractivity contribution is -0.126. The second-order valence-corrected chi connectivity index (χ2v) is 7.94. The highest BCUT2D eigenvalue weighted by atomic mass is 16.5. The Hall–Kier alpha value is -0.650. The van der Waals surface area contributed by atoms with Crippen molar-refractivity contribution in [3.8, 4) is 0 Å². The number of hydrogen-bond acceptors (Lipinski definition) is 4. The zero-order valence-electron chi connectivity index (χ0n) is 15.3. The third-order valence-electron chi connectivity index (χ3n) is 6.12. The molecule has 3 fully saturated rings. The molecule has 3 rings (SSSR count). The van der Waals surface area contributed by atoms with Crippen LogP contribution in [0.1, 0.15) is 51.4 Å². The number of rotatable bonds is 5. The fourth-order valence-electron chi connectivity index (χ4n) is 4.47. The Kier molecular flexibility index (Phi) is 6.93. The van der Waals surface area contributed by atoms with Crippen LogP contribution in [0.4, 0.5) is 0 Å². The van der Waals surface area contributed by atoms with Gasteiger partial charge >= 0.3 is 0 Å². The van der Waals surface area contributed by atoms with Crippen molar-refractivity contribution in [2.45, 2.75) is 63.5 Å². The zero-order valence-corrected chi connectivity index (χ0v) is 15.3. The van der Waals surface area contributed by atoms with Gasteiger partial charge in [0.15, 0.2) is 0 Å². The SMILES string of the molecule is CN1CCC(N2CCOC(CCNC(=O)C3CCCCC3)C2)CC1. The first-order valence-corrected chi connectivity index (χ1v) is 10.0. The highest BCUT2D eigenvalue weighted by Gasteiger charge is 2.28. The fourth-order valence-corrected chi connectivity index (χ4v) is 4.47. The minimum atomic E-state index is 0.266. The zero-order chi connectivity index (χ0) is 16.8. The minimum Gasteiger partial charge on any atom is -0.375 e. The van der Waals surface area contributed by atoms with Gasteiger partial charge in [0, 0.05) is 31.6 Å². The number of carbonyl (C=O) groups is 1. The monoisotopic (exact) mass is 337 g/mol. The highest BCUT2D eigenvalue weighted by Crippen LogP contribution is 2.24. The van der Waals surface area contributed by atoms with Gasteiger partial charge in [-0.2, -0.15) is 0 Å². The molecule has 0 radical (unpaired) electrons. The van der Waals surface area contributed by atoms with Crippen LogP contribution in [0.5, 0.6) is 0 Å². The van der Waals surface area contributed by atoms with Crippen molar-refractivity contribution in [2.75, 3.05) is 46.4 Å². The molecular formula is C19H35N3O2. The van der Waals surface area contributed by atoms with Crippen LogP contribution in [0.2, 0.25) is 0 Å². The second-order valence-electron chi connectivity index (χ2n) is 7.94. The molecule has 0 bridgehead atoms. The van der Waals surface area contributed by atoms with E-state index in [0.29, 0.717) is 0 Å². The van der Waals surface area contributed by atoms with Gasteiger partial charge in [-0.05, 0) is 52.2 Å². The van der Waals surface area contributed by atoms with Crippen LogP contribution in [0.15, 0.2) is 0 Å². The van der Waals surface area contributed by atoms with E-state index in [4.69, 9.17) is 4.74 Å². The molecular weight excluding hydrogens is 302 g/mol. The predicted octanol–water partition coefficient (Wildman–Crippen LogP) is 1.87. The molecule has 3 aliphatic rings. The van der Waals surface area contributed by atoms with E-state index in [-0.39, 0.29) is 17.9 Å². The fraction of sp³-hybridized carbons (Fsp3) is 0.947. The van der Waals surface area contributed by atoms with Gasteiger partial charge < -0.3 is 15.0 Å². The Morgan fingerprint density at radius 3 is 2.58 bits per heavy atom. The maximum atomic E-state index is 12.2. The summed E-state index contributed by atoms with van der Waals surface area (Å²) in [5.41, 5.74) is 0. The van der Waals surface area contributed by atoms with Gasteiger partial charge in [0.05, 0.1) is 12.7 Å². The van der Waals surface area contributed by atoms with Crippen molar-refractivity contribution < 1.29 is 9.53 Å². The molecule has 1 saturated carbocycles. The van der Waals surface area contributed by atoms with E-state index < -0.39 is 0 Å². The van der Waals surface area contributed by atoms with Gasteiger partial charge in [0.2, 0.25) is 5.91 Å². The summed E-state index contributed by atoms with van der Waals surface area (Å²) < 4.78 is 5.94. The second kappa shape index (κ2) is 9.16. The standard InChI is InChI=1S/C19H35N3O2/c1-21-11-8-17(9-12-21)22-13-14-24-18(15-22)7-10-20-19(23)16-5-3-2-4-6-16/h16-18H,2-15H2,1H3,(H,20,23). The van der Waals surface area contributed by atoms with Gasteiger partial charge in [-0.3, -0.25) is 9.69 Å². The van der Waals surface area contributed by atoms with Gasteiger partial charge in [0.25, 0.3) is 0 Å². The van der Waals surface area contributed by atoms with E-state index in [0.717, 1.165) is 51.5 Å². The molecule has 0 aromatic carbocycles. The number of carbonyl (C=O) groups excluding carboxylic acids is 1. The van der Waals surface area contributed by atoms with Crippen molar-refractivity contribution in [1.29, 1.82) is 0 Å². The third kappa shape index (κ3) is 5.17. The molecule has 1 amide bonds. The van der Waals surface area contributed by atoms with Crippen LogP contribution in [0.3, 0.4) is 0 Å². The molecule has 5 heteroatoms. The maximum Gasteiger partial charge on any atom is 0.223 e. The Balaban J connectivity index is 1.35. The first kappa shape index (κ1) is 18.2. The summed E-state index contributed by atoms with van der Waals surface area (Å²) in [7, 11) is 2.22. The smallest absolute Gasteiger partial charge is 0.223 e. The summed E-state index contributed by atoms with van der Waals surface area (Å²) in [5, 5.41) is 3.16. The Morgan fingerprint density at radius 2 is 1.83 bits per heavy atom. The van der Waals surface area contributed by atoms with Crippen molar-refractivity contribution >= 4 is 5.91 Å². The summed E-state index contributed by atoms with van der Waals surface area (Å²) in [6.45, 7) is 6.14. The van der Waals surface area contributed by atoms with E-state index in [2.05, 4.69) is 22.2 Å². The van der Waals surface area contributed by atoms with Crippen molar-refractivity contribution in [3.05, 3.63) is 0 Å². The highest BCUT2D eigenvalue weighted by molar-refractivity contribution is 5.78. The van der Waals surface area contributed by atoms with Crippen molar-refractivity contribution in [2.24, 2.45) is 5.92 Å². The predicted molar refractivity (Wildman–Crippen MR) is 96.0 cm³/mol. The summed E-state index contributed by atoms with van der Waals surface area (Å²) in [5.74, 6) is 0.541. The quantitative estimate of drug-likeness (QED) is 0.832. The van der Waals surface area contributed by atoms with Crippen LogP contribution in [0.25, 0.3) is 0 Å². The molecule has 1 N–H and O–H groups in total. The van der Waals surface area contributed by atoms with Crippen LogP contribution >= 0.6 is 0 Å². The number of nitrogens with zero attached hydrogens (tertiary/aromatic N) is 2. The van der Waals surface area contributed by atoms with Crippen LogP contribution in [0, 0.1) is 5.92 Å². The first-order valence-electron chi connectivity index (χ1n) is 10.0. The van der Waals surface area contributed by atoms with E-state index in [1.165, 1.54) is 45.2 Å². The summed E-state index contributed by atoms with van der Waals surface area (Å²) in [6.07, 6.45) is 9.68. The number of likely N-dealkylation sites (tertiary alicyclic amines) is 1. The van der Waals surface area contributed by atoms with E-state index >= 15 is 0 Å². The van der Waals surface area contributed by atoms with Crippen LogP contribution in [-0.4, -0.2) is 74.2 Å². The molecule has 0 aromatic heterocycles. The average molecular weight is 338 g/mol. The number of morpholine rings is 1. The normalized spacial score (nSPS) is 28.8. The van der Waals surface area contributed by atoms with Gasteiger partial charge in [-0.15, -0.1) is 0 Å². The molecule has 1 atom stereocenters. The number of ether oxygens (including phenoxy) is 1. The molecule has 2 aliphatic heterocycles. The molecule has 5 nitrogen and oxygen atoms in total. The number of nitrogens with one attached hydrogen (secondary N) is 1. The molecule has 0 aromatic rings. The number of hydrogen-bond donors (Lipinski definition) is 1. The summed E-state index contributed by atoms with van der Waals surface area (Å²) in [6, 6.07) is 0.726. The van der Waals surface area contributed by atoms with E-state index in [9.17, 15) is 4.79 Å². The molecule has 1 unspecified atom stereocenters. The lowest BCUT2D eigenvalue weighted by atomic mass is 9.88. The van der Waals surface area contributed by atoms with Crippen LogP contribution < -0.4 is 5.32 Å². The van der Waals surface area contributed by atoms with Crippen molar-refractivity contribution in [1.82, 2.24) is 15.1 Å². The van der Waals surface area contributed by atoms with Gasteiger partial charge in [-0.1, -0.05) is 19.3 Å². The van der Waals surface area contributed by atoms with E-state index in [1.54, 1.807) is 0 Å². The molecule has 1 aliphatic carbocycles. The topological polar surface area (TPSA) is 44.8 Å². The maximum absolute atomic E-state index is 12.2. The lowest BCUT2D eigenvalue weighted by Gasteiger charge is -2.41. The summed E-state index contributed by atoms with van der Waals surface area (Å²) in [4.78, 5) is 17.3. The molecule has 138 valence electrons. The molecule has 2 heterocycles. The van der Waals surface area contributed by atoms with Gasteiger partial charge in [0.1, 0.15) is 0 Å². The number of amides is 1. The Morgan fingerprint density at radius 1 is 1.08 bits per heavy atom. The van der Waals surface area contributed by atoms with Crippen LogP contribution in [-0.2, 0) is 9.53 Å². The Bertz CT molecular complexity index is 390. The Labute approximate surface area is 147 Å². The first-order chi connectivity index (χ1) is 11.7. The third-order valence-corrected chi connectivity index (χ3v) is 6.12. The van der Waals surface area contributed by atoms with Gasteiger partial charge in [-0.25, -0.2) is 0 Å². The van der Waals surface area contributed by atoms with E-state index in [1.807, 2.05) is 0 Å². The van der Waals surface area contributed by atoms with Crippen molar-refractivity contribution in [3.63, 3.8) is 0 Å². The summed E-state index contributed by atoms with van der Waals surface area (Å²) >= 11 is 0. The molecule has 2 saturated heterocycles. The lowest BCUT2D eigenvalue weighted by Crippen LogP contribution is -2.51. The number of piperidine rings is 1. The molecule has 24 heavy (non-hydrogen) atoms. The molecule has 0 spiro atoms.